The molecule has 2 saturated carbocycles. The molecule has 216 valence electrons. The molecular weight excluding hydrogens is 500 g/mol. The van der Waals surface area contributed by atoms with Gasteiger partial charge in [0.25, 0.3) is 0 Å². The summed E-state index contributed by atoms with van der Waals surface area (Å²) in [4.78, 5) is 11.3. The van der Waals surface area contributed by atoms with Crippen LogP contribution in [0.15, 0.2) is 42.0 Å². The Morgan fingerprint density at radius 1 is 1.05 bits per heavy atom. The van der Waals surface area contributed by atoms with Crippen LogP contribution in [0.25, 0.3) is 6.08 Å². The molecule has 40 heavy (non-hydrogen) atoms. The van der Waals surface area contributed by atoms with Crippen molar-refractivity contribution in [1.29, 1.82) is 0 Å². The van der Waals surface area contributed by atoms with Crippen molar-refractivity contribution >= 4 is 12.4 Å². The zero-order valence-corrected chi connectivity index (χ0v) is 24.3. The Morgan fingerprint density at radius 2 is 1.82 bits per heavy atom. The van der Waals surface area contributed by atoms with Crippen LogP contribution in [0, 0.1) is 35.5 Å². The molecule has 0 spiro atoms. The first kappa shape index (κ1) is 29.3. The third-order valence-electron chi connectivity index (χ3n) is 9.10. The monoisotopic (exact) mass is 546 g/mol. The van der Waals surface area contributed by atoms with Crippen LogP contribution in [-0.2, 0) is 18.9 Å². The molecule has 0 aromatic heterocycles. The average Bonchev–Trinajstić information content (AvgIpc) is 3.51. The molecule has 2 heterocycles. The second-order valence-corrected chi connectivity index (χ2v) is 12.1. The van der Waals surface area contributed by atoms with E-state index in [0.717, 1.165) is 88.4 Å². The summed E-state index contributed by atoms with van der Waals surface area (Å²) >= 11 is 0. The molecule has 0 bridgehead atoms. The van der Waals surface area contributed by atoms with Gasteiger partial charge in [0.2, 0.25) is 0 Å². The van der Waals surface area contributed by atoms with Crippen molar-refractivity contribution < 1.29 is 23.7 Å². The van der Waals surface area contributed by atoms with Crippen molar-refractivity contribution in [2.45, 2.75) is 103 Å². The predicted octanol–water partition coefficient (Wildman–Crippen LogP) is 7.36. The lowest BCUT2D eigenvalue weighted by Gasteiger charge is -2.31. The summed E-state index contributed by atoms with van der Waals surface area (Å²) < 4.78 is 25.2. The van der Waals surface area contributed by atoms with E-state index in [4.69, 9.17) is 18.9 Å². The summed E-state index contributed by atoms with van der Waals surface area (Å²) in [6, 6.07) is 7.89. The Labute approximate surface area is 240 Å². The highest BCUT2D eigenvalue weighted by molar-refractivity contribution is 5.76. The Balaban J connectivity index is 1.34. The van der Waals surface area contributed by atoms with Gasteiger partial charge in [-0.3, -0.25) is 4.79 Å². The summed E-state index contributed by atoms with van der Waals surface area (Å²) in [5.41, 5.74) is 3.31. The molecule has 8 atom stereocenters. The van der Waals surface area contributed by atoms with Gasteiger partial charge in [-0.05, 0) is 94.1 Å². The minimum absolute atomic E-state index is 0.0444. The molecule has 2 aliphatic carbocycles. The zero-order chi connectivity index (χ0) is 27.7. The van der Waals surface area contributed by atoms with Gasteiger partial charge in [0.1, 0.15) is 6.29 Å². The van der Waals surface area contributed by atoms with Crippen molar-refractivity contribution in [3.63, 3.8) is 0 Å². The minimum Gasteiger partial charge on any atom is -0.353 e. The van der Waals surface area contributed by atoms with E-state index >= 15 is 0 Å². The van der Waals surface area contributed by atoms with Crippen molar-refractivity contribution in [3.8, 4) is 11.8 Å². The Bertz CT molecular complexity index is 1080. The number of aldehydes is 1. The van der Waals surface area contributed by atoms with Gasteiger partial charge in [-0.2, -0.15) is 0 Å². The molecule has 2 aliphatic heterocycles. The van der Waals surface area contributed by atoms with Crippen LogP contribution in [0.1, 0.15) is 94.0 Å². The fraction of sp³-hybridized carbons (Fsp3) is 0.629. The second-order valence-electron chi connectivity index (χ2n) is 12.1. The topological polar surface area (TPSA) is 54.0 Å². The van der Waals surface area contributed by atoms with Crippen LogP contribution in [0.3, 0.4) is 0 Å². The summed E-state index contributed by atoms with van der Waals surface area (Å²) in [6.45, 7) is 5.70. The van der Waals surface area contributed by atoms with Crippen molar-refractivity contribution in [3.05, 3.63) is 53.1 Å². The molecule has 0 amide bonds. The smallest absolute Gasteiger partial charge is 0.158 e. The van der Waals surface area contributed by atoms with E-state index in [2.05, 4.69) is 43.1 Å². The van der Waals surface area contributed by atoms with Crippen LogP contribution in [-0.4, -0.2) is 44.3 Å². The van der Waals surface area contributed by atoms with Crippen molar-refractivity contribution in [2.24, 2.45) is 23.7 Å². The molecular formula is C35H46O5. The summed E-state index contributed by atoms with van der Waals surface area (Å²) in [5, 5.41) is 0. The highest BCUT2D eigenvalue weighted by atomic mass is 16.7. The van der Waals surface area contributed by atoms with Gasteiger partial charge in [-0.15, -0.1) is 11.8 Å². The zero-order valence-electron chi connectivity index (χ0n) is 24.3. The largest absolute Gasteiger partial charge is 0.353 e. The molecule has 0 N–H and O–H groups in total. The van der Waals surface area contributed by atoms with Gasteiger partial charge in [0.15, 0.2) is 12.6 Å². The number of hydrogen-bond donors (Lipinski definition) is 0. The van der Waals surface area contributed by atoms with E-state index in [1.165, 1.54) is 12.0 Å². The summed E-state index contributed by atoms with van der Waals surface area (Å²) in [5.74, 6) is 8.01. The molecule has 2 saturated heterocycles. The van der Waals surface area contributed by atoms with Crippen LogP contribution in [0.4, 0.5) is 0 Å². The van der Waals surface area contributed by atoms with Gasteiger partial charge < -0.3 is 18.9 Å². The van der Waals surface area contributed by atoms with E-state index < -0.39 is 0 Å². The van der Waals surface area contributed by atoms with E-state index in [9.17, 15) is 4.79 Å². The van der Waals surface area contributed by atoms with Gasteiger partial charge in [-0.25, -0.2) is 0 Å². The highest BCUT2D eigenvalue weighted by Gasteiger charge is 2.47. The maximum absolute atomic E-state index is 11.3. The fourth-order valence-electron chi connectivity index (χ4n) is 6.96. The van der Waals surface area contributed by atoms with E-state index in [-0.39, 0.29) is 30.7 Å². The number of rotatable bonds is 10. The number of fused-ring (bicyclic) bond motifs is 1. The van der Waals surface area contributed by atoms with E-state index in [0.29, 0.717) is 17.8 Å². The summed E-state index contributed by atoms with van der Waals surface area (Å²) in [7, 11) is 0. The minimum atomic E-state index is -0.136. The van der Waals surface area contributed by atoms with Gasteiger partial charge in [0.05, 0.1) is 12.2 Å². The second kappa shape index (κ2) is 14.6. The molecule has 5 heteroatoms. The van der Waals surface area contributed by atoms with Crippen LogP contribution in [0.5, 0.6) is 0 Å². The normalized spacial score (nSPS) is 32.9. The lowest BCUT2D eigenvalue weighted by molar-refractivity contribution is -0.193. The third-order valence-corrected chi connectivity index (χ3v) is 9.10. The molecule has 1 aromatic carbocycles. The van der Waals surface area contributed by atoms with Crippen LogP contribution in [0.2, 0.25) is 0 Å². The van der Waals surface area contributed by atoms with Gasteiger partial charge >= 0.3 is 0 Å². The Hall–Kier alpha value is -2.23. The molecule has 1 aromatic rings. The average molecular weight is 547 g/mol. The first-order chi connectivity index (χ1) is 19.6. The molecule has 7 unspecified atom stereocenters. The predicted molar refractivity (Wildman–Crippen MR) is 157 cm³/mol. The number of hydrogen-bond acceptors (Lipinski definition) is 5. The Kier molecular flexibility index (Phi) is 10.7. The molecule has 5 nitrogen and oxygen atoms in total. The fourth-order valence-corrected chi connectivity index (χ4v) is 6.96. The van der Waals surface area contributed by atoms with E-state index in [1.54, 1.807) is 0 Å². The van der Waals surface area contributed by atoms with Gasteiger partial charge in [0, 0.05) is 31.1 Å². The highest BCUT2D eigenvalue weighted by Crippen LogP contribution is 2.52. The number of ether oxygens (including phenoxy) is 4. The first-order valence-corrected chi connectivity index (χ1v) is 15.5. The number of benzene rings is 1. The maximum Gasteiger partial charge on any atom is 0.158 e. The van der Waals surface area contributed by atoms with Gasteiger partial charge in [-0.1, -0.05) is 48.9 Å². The number of allylic oxidation sites excluding steroid dienone is 1. The number of carbonyl (C=O) groups excluding carboxylic acids is 1. The Morgan fingerprint density at radius 3 is 2.55 bits per heavy atom. The quantitative estimate of drug-likeness (QED) is 0.174. The molecule has 5 rings (SSSR count). The van der Waals surface area contributed by atoms with Crippen LogP contribution >= 0.6 is 0 Å². The van der Waals surface area contributed by atoms with Crippen molar-refractivity contribution in [1.82, 2.24) is 0 Å². The SMILES string of the molecule is CC#CCC(C)[C@@H](/C=C/C1C(OC2CCCCO2)CC2CC(=Cc3cccc(C=O)c3)CC21)OC1CCCCO1. The maximum atomic E-state index is 11.3. The lowest BCUT2D eigenvalue weighted by Crippen LogP contribution is -2.32. The number of carbonyl (C=O) groups is 1. The van der Waals surface area contributed by atoms with Crippen LogP contribution < -0.4 is 0 Å². The lowest BCUT2D eigenvalue weighted by atomic mass is 9.89. The molecule has 4 fully saturated rings. The molecule has 0 radical (unpaired) electrons. The third kappa shape index (κ3) is 7.74. The van der Waals surface area contributed by atoms with E-state index in [1.807, 2.05) is 25.1 Å². The van der Waals surface area contributed by atoms with Crippen molar-refractivity contribution in [2.75, 3.05) is 13.2 Å². The first-order valence-electron chi connectivity index (χ1n) is 15.5. The summed E-state index contributed by atoms with van der Waals surface area (Å²) in [6.07, 6.45) is 18.3. The standard InChI is InChI=1S/C35H46O5/c1-3-4-10-25(2)32(39-34-13-5-7-17-37-34)16-15-30-31-22-28(20-26-11-9-12-27(19-26)24-36)21-29(31)23-33(30)40-35-14-6-8-18-38-35/h9,11-12,15-16,19-20,24-25,29-35H,5-8,10,13-14,17-18,21-23H2,1-2H3/b16-15+,28-20?/t25?,29?,30?,31?,32-,33?,34?,35?/m1/s1. The molecule has 4 aliphatic rings.